The molecular weight excluding hydrogens is 302 g/mol. The van der Waals surface area contributed by atoms with Crippen LogP contribution in [0.1, 0.15) is 22.7 Å². The van der Waals surface area contributed by atoms with Crippen molar-refractivity contribution in [1.29, 1.82) is 0 Å². The number of rotatable bonds is 4. The Labute approximate surface area is 122 Å². The standard InChI is InChI=1S/C15H18BrN3/c1-10-7-12(16)3-4-13(10)14(18-2)8-11-5-6-19-15(17)9-11/h3-7,9,14,18H,8H2,1-2H3,(H2,17,19). The molecule has 100 valence electrons. The molecule has 1 unspecified atom stereocenters. The molecular formula is C15H18BrN3. The lowest BCUT2D eigenvalue weighted by atomic mass is 9.96. The van der Waals surface area contributed by atoms with Gasteiger partial charge in [-0.15, -0.1) is 0 Å². The van der Waals surface area contributed by atoms with E-state index in [2.05, 4.69) is 51.4 Å². The molecule has 0 saturated heterocycles. The molecule has 1 heterocycles. The molecule has 4 heteroatoms. The Kier molecular flexibility index (Phi) is 4.56. The number of anilines is 1. The summed E-state index contributed by atoms with van der Waals surface area (Å²) in [6.07, 6.45) is 2.65. The maximum absolute atomic E-state index is 5.73. The summed E-state index contributed by atoms with van der Waals surface area (Å²) in [6, 6.07) is 10.6. The van der Waals surface area contributed by atoms with E-state index < -0.39 is 0 Å². The molecule has 19 heavy (non-hydrogen) atoms. The van der Waals surface area contributed by atoms with Gasteiger partial charge in [0.1, 0.15) is 5.82 Å². The molecule has 0 saturated carbocycles. The van der Waals surface area contributed by atoms with Gasteiger partial charge in [-0.3, -0.25) is 0 Å². The number of hydrogen-bond donors (Lipinski definition) is 2. The van der Waals surface area contributed by atoms with Crippen molar-refractivity contribution in [1.82, 2.24) is 10.3 Å². The number of likely N-dealkylation sites (N-methyl/N-ethyl adjacent to an activating group) is 1. The monoisotopic (exact) mass is 319 g/mol. The van der Waals surface area contributed by atoms with Crippen LogP contribution in [0, 0.1) is 6.92 Å². The second-order valence-electron chi connectivity index (χ2n) is 4.64. The molecule has 0 aliphatic carbocycles. The first kappa shape index (κ1) is 14.0. The number of nitrogens with one attached hydrogen (secondary N) is 1. The quantitative estimate of drug-likeness (QED) is 0.909. The maximum Gasteiger partial charge on any atom is 0.123 e. The SMILES string of the molecule is CNC(Cc1ccnc(N)c1)c1ccc(Br)cc1C. The predicted molar refractivity (Wildman–Crippen MR) is 83.0 cm³/mol. The fourth-order valence-corrected chi connectivity index (χ4v) is 2.73. The van der Waals surface area contributed by atoms with Crippen molar-refractivity contribution < 1.29 is 0 Å². The third-order valence-corrected chi connectivity index (χ3v) is 3.73. The van der Waals surface area contributed by atoms with Gasteiger partial charge in [0.25, 0.3) is 0 Å². The highest BCUT2D eigenvalue weighted by Crippen LogP contribution is 2.24. The Balaban J connectivity index is 2.25. The van der Waals surface area contributed by atoms with E-state index >= 15 is 0 Å². The number of aryl methyl sites for hydroxylation is 1. The van der Waals surface area contributed by atoms with Crippen LogP contribution in [0.5, 0.6) is 0 Å². The first-order valence-electron chi connectivity index (χ1n) is 6.24. The van der Waals surface area contributed by atoms with Crippen LogP contribution in [0.3, 0.4) is 0 Å². The molecule has 1 aromatic heterocycles. The summed E-state index contributed by atoms with van der Waals surface area (Å²) in [5.74, 6) is 0.569. The molecule has 0 fully saturated rings. The van der Waals surface area contributed by atoms with Crippen molar-refractivity contribution in [3.63, 3.8) is 0 Å². The topological polar surface area (TPSA) is 50.9 Å². The van der Waals surface area contributed by atoms with Gasteiger partial charge in [-0.2, -0.15) is 0 Å². The minimum absolute atomic E-state index is 0.273. The molecule has 0 aliphatic rings. The zero-order chi connectivity index (χ0) is 13.8. The van der Waals surface area contributed by atoms with Crippen molar-refractivity contribution in [2.24, 2.45) is 0 Å². The number of pyridine rings is 1. The molecule has 2 aromatic rings. The second-order valence-corrected chi connectivity index (χ2v) is 5.55. The third-order valence-electron chi connectivity index (χ3n) is 3.24. The molecule has 3 N–H and O–H groups in total. The summed E-state index contributed by atoms with van der Waals surface area (Å²) in [7, 11) is 1.98. The minimum Gasteiger partial charge on any atom is -0.384 e. The average molecular weight is 320 g/mol. The van der Waals surface area contributed by atoms with E-state index in [1.165, 1.54) is 16.7 Å². The fourth-order valence-electron chi connectivity index (χ4n) is 2.25. The van der Waals surface area contributed by atoms with Gasteiger partial charge in [-0.1, -0.05) is 22.0 Å². The van der Waals surface area contributed by atoms with Crippen LogP contribution in [0.2, 0.25) is 0 Å². The predicted octanol–water partition coefficient (Wildman–Crippen LogP) is 3.24. The number of aromatic nitrogens is 1. The number of benzene rings is 1. The summed E-state index contributed by atoms with van der Waals surface area (Å²) in [6.45, 7) is 2.13. The number of hydrogen-bond acceptors (Lipinski definition) is 3. The van der Waals surface area contributed by atoms with Crippen molar-refractivity contribution >= 4 is 21.7 Å². The maximum atomic E-state index is 5.73. The molecule has 3 nitrogen and oxygen atoms in total. The molecule has 0 spiro atoms. The number of nitrogen functional groups attached to an aromatic ring is 1. The van der Waals surface area contributed by atoms with Crippen LogP contribution in [0.25, 0.3) is 0 Å². The lowest BCUT2D eigenvalue weighted by molar-refractivity contribution is 0.588. The number of nitrogens with zero attached hydrogens (tertiary/aromatic N) is 1. The first-order chi connectivity index (χ1) is 9.10. The molecule has 0 aliphatic heterocycles. The van der Waals surface area contributed by atoms with Gasteiger partial charge in [-0.25, -0.2) is 4.98 Å². The molecule has 0 amide bonds. The highest BCUT2D eigenvalue weighted by Gasteiger charge is 2.13. The van der Waals surface area contributed by atoms with E-state index in [1.807, 2.05) is 19.2 Å². The summed E-state index contributed by atoms with van der Waals surface area (Å²) in [5.41, 5.74) is 9.50. The highest BCUT2D eigenvalue weighted by molar-refractivity contribution is 9.10. The van der Waals surface area contributed by atoms with Crippen LogP contribution >= 0.6 is 15.9 Å². The number of nitrogens with two attached hydrogens (primary N) is 1. The summed E-state index contributed by atoms with van der Waals surface area (Å²) >= 11 is 3.50. The van der Waals surface area contributed by atoms with E-state index in [0.717, 1.165) is 10.9 Å². The zero-order valence-corrected chi connectivity index (χ0v) is 12.7. The lowest BCUT2D eigenvalue weighted by Gasteiger charge is -2.19. The molecule has 0 radical (unpaired) electrons. The van der Waals surface area contributed by atoms with Crippen molar-refractivity contribution in [2.45, 2.75) is 19.4 Å². The fraction of sp³-hybridized carbons (Fsp3) is 0.267. The van der Waals surface area contributed by atoms with Gasteiger partial charge in [-0.05, 0) is 61.3 Å². The Morgan fingerprint density at radius 1 is 1.32 bits per heavy atom. The molecule has 2 rings (SSSR count). The van der Waals surface area contributed by atoms with E-state index in [9.17, 15) is 0 Å². The van der Waals surface area contributed by atoms with Gasteiger partial charge in [0.2, 0.25) is 0 Å². The van der Waals surface area contributed by atoms with Gasteiger partial charge in [0.05, 0.1) is 0 Å². The van der Waals surface area contributed by atoms with Crippen molar-refractivity contribution in [2.75, 3.05) is 12.8 Å². The Morgan fingerprint density at radius 2 is 2.11 bits per heavy atom. The number of halogens is 1. The average Bonchev–Trinajstić information content (AvgIpc) is 2.37. The van der Waals surface area contributed by atoms with Gasteiger partial charge in [0, 0.05) is 16.7 Å². The van der Waals surface area contributed by atoms with E-state index in [1.54, 1.807) is 6.20 Å². The molecule has 1 atom stereocenters. The smallest absolute Gasteiger partial charge is 0.123 e. The van der Waals surface area contributed by atoms with Gasteiger partial charge in [0.15, 0.2) is 0 Å². The Morgan fingerprint density at radius 3 is 2.74 bits per heavy atom. The van der Waals surface area contributed by atoms with Crippen LogP contribution in [0.15, 0.2) is 41.0 Å². The molecule has 0 bridgehead atoms. The Hall–Kier alpha value is -1.39. The zero-order valence-electron chi connectivity index (χ0n) is 11.2. The molecule has 1 aromatic carbocycles. The summed E-state index contributed by atoms with van der Waals surface area (Å²) in [4.78, 5) is 4.03. The normalized spacial score (nSPS) is 12.4. The van der Waals surface area contributed by atoms with E-state index in [4.69, 9.17) is 5.73 Å². The van der Waals surface area contributed by atoms with E-state index in [-0.39, 0.29) is 6.04 Å². The second kappa shape index (κ2) is 6.17. The van der Waals surface area contributed by atoms with Crippen LogP contribution in [-0.2, 0) is 6.42 Å². The lowest BCUT2D eigenvalue weighted by Crippen LogP contribution is -2.20. The summed E-state index contributed by atoms with van der Waals surface area (Å²) in [5, 5.41) is 3.37. The van der Waals surface area contributed by atoms with Crippen molar-refractivity contribution in [3.05, 3.63) is 57.7 Å². The van der Waals surface area contributed by atoms with Crippen LogP contribution in [0.4, 0.5) is 5.82 Å². The minimum atomic E-state index is 0.273. The van der Waals surface area contributed by atoms with Crippen LogP contribution < -0.4 is 11.1 Å². The first-order valence-corrected chi connectivity index (χ1v) is 7.03. The summed E-state index contributed by atoms with van der Waals surface area (Å²) < 4.78 is 1.11. The van der Waals surface area contributed by atoms with Crippen LogP contribution in [-0.4, -0.2) is 12.0 Å². The highest BCUT2D eigenvalue weighted by atomic mass is 79.9. The van der Waals surface area contributed by atoms with Gasteiger partial charge < -0.3 is 11.1 Å². The Bertz CT molecular complexity index is 569. The van der Waals surface area contributed by atoms with E-state index in [0.29, 0.717) is 5.82 Å². The largest absolute Gasteiger partial charge is 0.384 e. The third kappa shape index (κ3) is 3.55. The van der Waals surface area contributed by atoms with Gasteiger partial charge >= 0.3 is 0 Å². The van der Waals surface area contributed by atoms with Crippen molar-refractivity contribution in [3.8, 4) is 0 Å².